The molecule has 1 atom stereocenters. The summed E-state index contributed by atoms with van der Waals surface area (Å²) in [4.78, 5) is 28.0. The first-order chi connectivity index (χ1) is 15.5. The number of hydrogen-bond donors (Lipinski definition) is 1. The first kappa shape index (κ1) is 20.9. The van der Waals surface area contributed by atoms with E-state index in [4.69, 9.17) is 5.10 Å². The number of carbonyl (C=O) groups is 1. The topological polar surface area (TPSA) is 103 Å². The number of Topliss-reactive ketones (excluding diaryl/α,β-unsaturated/α-hetero) is 1. The van der Waals surface area contributed by atoms with Crippen molar-refractivity contribution in [2.45, 2.75) is 36.2 Å². The molecule has 3 aromatic rings. The van der Waals surface area contributed by atoms with Gasteiger partial charge in [-0.25, -0.2) is 4.68 Å². The van der Waals surface area contributed by atoms with E-state index in [2.05, 4.69) is 26.2 Å². The van der Waals surface area contributed by atoms with Gasteiger partial charge in [0.05, 0.1) is 4.92 Å². The van der Waals surface area contributed by atoms with Crippen LogP contribution >= 0.6 is 27.7 Å². The summed E-state index contributed by atoms with van der Waals surface area (Å²) < 4.78 is 2.77. The minimum atomic E-state index is -0.411. The van der Waals surface area contributed by atoms with E-state index in [0.29, 0.717) is 23.3 Å². The lowest BCUT2D eigenvalue weighted by atomic mass is 9.85. The number of fused-ring (bicyclic) bond motifs is 1. The van der Waals surface area contributed by atoms with Gasteiger partial charge in [0.1, 0.15) is 6.04 Å². The molecule has 0 unspecified atom stereocenters. The average Bonchev–Trinajstić information content (AvgIpc) is 3.20. The van der Waals surface area contributed by atoms with Crippen molar-refractivity contribution < 1.29 is 9.72 Å². The number of nitro benzene ring substituents is 1. The number of nitrogens with one attached hydrogen (secondary N) is 1. The van der Waals surface area contributed by atoms with Crippen molar-refractivity contribution in [1.29, 1.82) is 0 Å². The van der Waals surface area contributed by atoms with E-state index in [1.54, 1.807) is 16.8 Å². The van der Waals surface area contributed by atoms with Crippen LogP contribution in [0.5, 0.6) is 0 Å². The van der Waals surface area contributed by atoms with Crippen LogP contribution in [-0.4, -0.2) is 25.5 Å². The molecule has 0 spiro atoms. The number of rotatable bonds is 5. The molecule has 0 saturated carbocycles. The summed E-state index contributed by atoms with van der Waals surface area (Å²) in [7, 11) is 0. The zero-order valence-electron chi connectivity index (χ0n) is 16.8. The predicted octanol–water partition coefficient (Wildman–Crippen LogP) is 5.26. The van der Waals surface area contributed by atoms with Gasteiger partial charge >= 0.3 is 0 Å². The van der Waals surface area contributed by atoms with Crippen molar-refractivity contribution in [3.63, 3.8) is 0 Å². The van der Waals surface area contributed by atoms with Gasteiger partial charge in [0.2, 0.25) is 11.1 Å². The van der Waals surface area contributed by atoms with E-state index >= 15 is 0 Å². The van der Waals surface area contributed by atoms with Crippen LogP contribution in [0.1, 0.15) is 36.4 Å². The van der Waals surface area contributed by atoms with E-state index in [1.165, 1.54) is 23.9 Å². The molecular formula is C22H18BrN5O3S. The highest BCUT2D eigenvalue weighted by atomic mass is 79.9. The Labute approximate surface area is 196 Å². The minimum Gasteiger partial charge on any atom is -0.328 e. The second-order valence-electron chi connectivity index (χ2n) is 7.62. The fraction of sp³-hybridized carbons (Fsp3) is 0.227. The number of hydrogen-bond acceptors (Lipinski definition) is 7. The van der Waals surface area contributed by atoms with E-state index in [9.17, 15) is 14.9 Å². The molecule has 0 saturated heterocycles. The van der Waals surface area contributed by atoms with Crippen molar-refractivity contribution in [2.75, 3.05) is 5.32 Å². The molecule has 32 heavy (non-hydrogen) atoms. The summed E-state index contributed by atoms with van der Waals surface area (Å²) in [6.45, 7) is 0. The molecule has 0 amide bonds. The molecule has 1 aliphatic carbocycles. The molecule has 1 N–H and O–H groups in total. The van der Waals surface area contributed by atoms with Crippen LogP contribution in [0.25, 0.3) is 0 Å². The molecule has 2 aliphatic rings. The van der Waals surface area contributed by atoms with Crippen molar-refractivity contribution in [2.24, 2.45) is 0 Å². The van der Waals surface area contributed by atoms with Crippen molar-refractivity contribution in [1.82, 2.24) is 14.8 Å². The molecule has 162 valence electrons. The fourth-order valence-corrected chi connectivity index (χ4v) is 5.06. The molecule has 0 radical (unpaired) electrons. The number of nitro groups is 1. The number of anilines is 1. The summed E-state index contributed by atoms with van der Waals surface area (Å²) in [6, 6.07) is 14.1. The minimum absolute atomic E-state index is 0.0668. The van der Waals surface area contributed by atoms with Gasteiger partial charge in [0.25, 0.3) is 5.69 Å². The van der Waals surface area contributed by atoms with Gasteiger partial charge in [0, 0.05) is 40.0 Å². The molecule has 2 heterocycles. The number of aromatic nitrogens is 3. The molecule has 1 aliphatic heterocycles. The van der Waals surface area contributed by atoms with Gasteiger partial charge in [-0.15, -0.1) is 5.10 Å². The third-order valence-corrected chi connectivity index (χ3v) is 6.99. The number of ketones is 1. The summed E-state index contributed by atoms with van der Waals surface area (Å²) >= 11 is 4.93. The van der Waals surface area contributed by atoms with E-state index in [-0.39, 0.29) is 17.5 Å². The normalized spacial score (nSPS) is 17.5. The Hall–Kier alpha value is -2.98. The molecule has 8 nitrogen and oxygen atoms in total. The molecular weight excluding hydrogens is 494 g/mol. The Morgan fingerprint density at radius 1 is 1.16 bits per heavy atom. The summed E-state index contributed by atoms with van der Waals surface area (Å²) in [6.07, 6.45) is 2.18. The third-order valence-electron chi connectivity index (χ3n) is 5.55. The Morgan fingerprint density at radius 3 is 2.62 bits per heavy atom. The Morgan fingerprint density at radius 2 is 1.91 bits per heavy atom. The number of halogens is 1. The standard InChI is InChI=1S/C22H18BrN5O3S/c23-15-8-6-14(7-9-15)20-19-17(2-1-3-18(19)29)24-21-25-22(26-27(20)21)32-12-13-4-10-16(11-5-13)28(30)31/h4-11,20H,1-3,12H2,(H,24,25,26)/t20-/m0/s1. The van der Waals surface area contributed by atoms with Gasteiger partial charge in [-0.2, -0.15) is 4.98 Å². The van der Waals surface area contributed by atoms with Crippen LogP contribution in [0.4, 0.5) is 11.6 Å². The first-order valence-corrected chi connectivity index (χ1v) is 11.9. The quantitative estimate of drug-likeness (QED) is 0.283. The highest BCUT2D eigenvalue weighted by molar-refractivity contribution is 9.10. The molecule has 10 heteroatoms. The summed E-state index contributed by atoms with van der Waals surface area (Å²) in [5, 5.41) is 19.5. The maximum absolute atomic E-state index is 12.9. The van der Waals surface area contributed by atoms with E-state index in [1.807, 2.05) is 24.3 Å². The lowest BCUT2D eigenvalue weighted by Gasteiger charge is -2.32. The predicted molar refractivity (Wildman–Crippen MR) is 124 cm³/mol. The van der Waals surface area contributed by atoms with Gasteiger partial charge in [-0.3, -0.25) is 14.9 Å². The SMILES string of the molecule is O=C1CCCC2=C1[C@H](c1ccc(Br)cc1)n1nc(SCc3ccc([N+](=O)[O-])cc3)nc1N2. The monoisotopic (exact) mass is 511 g/mol. The summed E-state index contributed by atoms with van der Waals surface area (Å²) in [5.74, 6) is 1.35. The lowest BCUT2D eigenvalue weighted by molar-refractivity contribution is -0.384. The number of non-ortho nitro benzene ring substituents is 1. The van der Waals surface area contributed by atoms with Gasteiger partial charge in [-0.1, -0.05) is 52.0 Å². The Balaban J connectivity index is 1.45. The number of allylic oxidation sites excluding steroid dienone is 2. The van der Waals surface area contributed by atoms with Crippen LogP contribution in [0, 0.1) is 10.1 Å². The molecule has 1 aromatic heterocycles. The third kappa shape index (κ3) is 3.95. The van der Waals surface area contributed by atoms with Crippen LogP contribution in [0.15, 0.2) is 69.4 Å². The van der Waals surface area contributed by atoms with Gasteiger partial charge in [-0.05, 0) is 36.1 Å². The second kappa shape index (κ2) is 8.51. The molecule has 0 fully saturated rings. The number of carbonyl (C=O) groups excluding carboxylic acids is 1. The Kier molecular flexibility index (Phi) is 5.56. The van der Waals surface area contributed by atoms with Crippen LogP contribution in [0.2, 0.25) is 0 Å². The van der Waals surface area contributed by atoms with Gasteiger partial charge < -0.3 is 5.32 Å². The van der Waals surface area contributed by atoms with Crippen molar-refractivity contribution in [3.8, 4) is 0 Å². The van der Waals surface area contributed by atoms with Crippen LogP contribution < -0.4 is 5.32 Å². The maximum Gasteiger partial charge on any atom is 0.269 e. The highest BCUT2D eigenvalue weighted by Gasteiger charge is 2.36. The Bertz CT molecular complexity index is 1240. The second-order valence-corrected chi connectivity index (χ2v) is 9.48. The van der Waals surface area contributed by atoms with Crippen molar-refractivity contribution >= 4 is 45.1 Å². The fourth-order valence-electron chi connectivity index (χ4n) is 4.01. The van der Waals surface area contributed by atoms with E-state index < -0.39 is 4.92 Å². The van der Waals surface area contributed by atoms with Crippen molar-refractivity contribution in [3.05, 3.63) is 85.5 Å². The molecule has 5 rings (SSSR count). The average molecular weight is 512 g/mol. The number of benzene rings is 2. The zero-order valence-corrected chi connectivity index (χ0v) is 19.2. The highest BCUT2D eigenvalue weighted by Crippen LogP contribution is 2.41. The van der Waals surface area contributed by atoms with E-state index in [0.717, 1.165) is 39.7 Å². The van der Waals surface area contributed by atoms with Crippen LogP contribution in [-0.2, 0) is 10.5 Å². The maximum atomic E-state index is 12.9. The molecule has 0 bridgehead atoms. The number of thioether (sulfide) groups is 1. The molecule has 2 aromatic carbocycles. The lowest BCUT2D eigenvalue weighted by Crippen LogP contribution is -2.31. The number of nitrogens with zero attached hydrogens (tertiary/aromatic N) is 4. The van der Waals surface area contributed by atoms with Crippen LogP contribution in [0.3, 0.4) is 0 Å². The largest absolute Gasteiger partial charge is 0.328 e. The summed E-state index contributed by atoms with van der Waals surface area (Å²) in [5.41, 5.74) is 3.69. The first-order valence-electron chi connectivity index (χ1n) is 10.1. The smallest absolute Gasteiger partial charge is 0.269 e. The zero-order chi connectivity index (χ0) is 22.2. The van der Waals surface area contributed by atoms with Gasteiger partial charge in [0.15, 0.2) is 5.78 Å².